The van der Waals surface area contributed by atoms with Gasteiger partial charge in [0.05, 0.1) is 10.2 Å². The minimum atomic E-state index is 0.375. The van der Waals surface area contributed by atoms with Crippen LogP contribution in [0.15, 0.2) is 48.5 Å². The van der Waals surface area contributed by atoms with Gasteiger partial charge in [0.2, 0.25) is 0 Å². The fraction of sp³-hybridized carbons (Fsp3) is 0.188. The third kappa shape index (κ3) is 2.34. The Balaban J connectivity index is 2.07. The van der Waals surface area contributed by atoms with Gasteiger partial charge in [-0.15, -0.1) is 11.3 Å². The number of hydrogen-bond donors (Lipinski definition) is 1. The summed E-state index contributed by atoms with van der Waals surface area (Å²) in [4.78, 5) is 4.76. The Morgan fingerprint density at radius 2 is 1.95 bits per heavy atom. The summed E-state index contributed by atoms with van der Waals surface area (Å²) >= 11 is 1.75. The smallest absolute Gasteiger partial charge is 0.101 e. The monoisotopic (exact) mass is 268 g/mol. The summed E-state index contributed by atoms with van der Waals surface area (Å²) in [6.45, 7) is 2.21. The molecule has 1 aromatic heterocycles. The normalized spacial score (nSPS) is 12.7. The van der Waals surface area contributed by atoms with Crippen molar-refractivity contribution < 1.29 is 0 Å². The highest BCUT2D eigenvalue weighted by Crippen LogP contribution is 2.34. The van der Waals surface area contributed by atoms with Crippen molar-refractivity contribution in [2.75, 3.05) is 5.73 Å². The first-order valence-corrected chi connectivity index (χ1v) is 7.30. The topological polar surface area (TPSA) is 38.9 Å². The Labute approximate surface area is 116 Å². The molecule has 2 aromatic carbocycles. The van der Waals surface area contributed by atoms with E-state index in [1.807, 2.05) is 18.2 Å². The van der Waals surface area contributed by atoms with Crippen LogP contribution >= 0.6 is 11.3 Å². The van der Waals surface area contributed by atoms with Crippen molar-refractivity contribution in [3.05, 3.63) is 59.1 Å². The average Bonchev–Trinajstić information content (AvgIpc) is 2.83. The summed E-state index contributed by atoms with van der Waals surface area (Å²) in [6, 6.07) is 16.5. The highest BCUT2D eigenvalue weighted by molar-refractivity contribution is 7.18. The third-order valence-corrected chi connectivity index (χ3v) is 4.47. The number of nitrogens with two attached hydrogens (primary N) is 1. The lowest BCUT2D eigenvalue weighted by molar-refractivity contribution is 0.772. The summed E-state index contributed by atoms with van der Waals surface area (Å²) in [5.74, 6) is 0.375. The van der Waals surface area contributed by atoms with Crippen molar-refractivity contribution in [1.29, 1.82) is 0 Å². The zero-order chi connectivity index (χ0) is 13.2. The minimum Gasteiger partial charge on any atom is -0.399 e. The molecule has 0 saturated heterocycles. The summed E-state index contributed by atoms with van der Waals surface area (Å²) in [6.07, 6.45) is 1.05. The molecule has 0 saturated carbocycles. The van der Waals surface area contributed by atoms with Gasteiger partial charge in [0.15, 0.2) is 0 Å². The number of anilines is 1. The molecule has 2 nitrogen and oxygen atoms in total. The van der Waals surface area contributed by atoms with E-state index < -0.39 is 0 Å². The van der Waals surface area contributed by atoms with Gasteiger partial charge in [-0.3, -0.25) is 0 Å². The molecule has 0 aliphatic heterocycles. The number of hydrogen-bond acceptors (Lipinski definition) is 3. The largest absolute Gasteiger partial charge is 0.399 e. The number of fused-ring (bicyclic) bond motifs is 1. The van der Waals surface area contributed by atoms with E-state index in [9.17, 15) is 0 Å². The molecule has 3 heteroatoms. The first-order valence-electron chi connectivity index (χ1n) is 6.49. The molecule has 96 valence electrons. The zero-order valence-corrected chi connectivity index (χ0v) is 11.7. The molecule has 3 aromatic rings. The quantitative estimate of drug-likeness (QED) is 0.714. The van der Waals surface area contributed by atoms with E-state index in [-0.39, 0.29) is 0 Å². The van der Waals surface area contributed by atoms with Crippen LogP contribution in [0.5, 0.6) is 0 Å². The molecule has 1 atom stereocenters. The van der Waals surface area contributed by atoms with Crippen LogP contribution in [0.3, 0.4) is 0 Å². The van der Waals surface area contributed by atoms with Crippen LogP contribution in [0.2, 0.25) is 0 Å². The Morgan fingerprint density at radius 1 is 1.16 bits per heavy atom. The average molecular weight is 268 g/mol. The zero-order valence-electron chi connectivity index (χ0n) is 10.8. The molecule has 0 fully saturated rings. The SMILES string of the molecule is CCC(c1ccccc1)c1nc2ccc(N)cc2s1. The summed E-state index contributed by atoms with van der Waals surface area (Å²) < 4.78 is 1.17. The van der Waals surface area contributed by atoms with E-state index in [0.717, 1.165) is 17.6 Å². The van der Waals surface area contributed by atoms with Gasteiger partial charge in [-0.25, -0.2) is 4.98 Å². The maximum Gasteiger partial charge on any atom is 0.101 e. The van der Waals surface area contributed by atoms with Crippen LogP contribution < -0.4 is 5.73 Å². The molecule has 1 heterocycles. The van der Waals surface area contributed by atoms with Gasteiger partial charge in [-0.05, 0) is 30.2 Å². The molecule has 3 rings (SSSR count). The first-order chi connectivity index (χ1) is 9.28. The van der Waals surface area contributed by atoms with Crippen molar-refractivity contribution >= 4 is 27.2 Å². The van der Waals surface area contributed by atoms with E-state index in [4.69, 9.17) is 10.7 Å². The van der Waals surface area contributed by atoms with E-state index in [2.05, 4.69) is 37.3 Å². The fourth-order valence-electron chi connectivity index (χ4n) is 2.35. The Hall–Kier alpha value is -1.87. The fourth-order valence-corrected chi connectivity index (χ4v) is 3.57. The van der Waals surface area contributed by atoms with Gasteiger partial charge < -0.3 is 5.73 Å². The van der Waals surface area contributed by atoms with E-state index in [1.165, 1.54) is 15.3 Å². The molecule has 2 N–H and O–H groups in total. The van der Waals surface area contributed by atoms with Gasteiger partial charge in [0.1, 0.15) is 5.01 Å². The predicted octanol–water partition coefficient (Wildman–Crippen LogP) is 4.42. The van der Waals surface area contributed by atoms with Gasteiger partial charge in [-0.2, -0.15) is 0 Å². The molecule has 19 heavy (non-hydrogen) atoms. The Bertz CT molecular complexity index is 688. The Kier molecular flexibility index (Phi) is 3.22. The molecule has 0 aliphatic rings. The van der Waals surface area contributed by atoms with Crippen LogP contribution in [-0.4, -0.2) is 4.98 Å². The number of nitrogens with zero attached hydrogens (tertiary/aromatic N) is 1. The summed E-state index contributed by atoms with van der Waals surface area (Å²) in [7, 11) is 0. The van der Waals surface area contributed by atoms with Crippen LogP contribution in [0.25, 0.3) is 10.2 Å². The molecular weight excluding hydrogens is 252 g/mol. The van der Waals surface area contributed by atoms with Gasteiger partial charge in [0, 0.05) is 11.6 Å². The Morgan fingerprint density at radius 3 is 2.68 bits per heavy atom. The van der Waals surface area contributed by atoms with Gasteiger partial charge in [0.25, 0.3) is 0 Å². The van der Waals surface area contributed by atoms with Crippen LogP contribution in [0.1, 0.15) is 29.8 Å². The lowest BCUT2D eigenvalue weighted by Gasteiger charge is -2.11. The van der Waals surface area contributed by atoms with Crippen LogP contribution in [-0.2, 0) is 0 Å². The first kappa shape index (κ1) is 12.2. The second kappa shape index (κ2) is 5.02. The second-order valence-corrected chi connectivity index (χ2v) is 5.71. The molecular formula is C16H16N2S. The maximum atomic E-state index is 5.83. The van der Waals surface area contributed by atoms with E-state index >= 15 is 0 Å². The molecule has 0 bridgehead atoms. The highest BCUT2D eigenvalue weighted by atomic mass is 32.1. The molecule has 0 aliphatic carbocycles. The minimum absolute atomic E-state index is 0.375. The van der Waals surface area contributed by atoms with Crippen LogP contribution in [0, 0.1) is 0 Å². The molecule has 0 amide bonds. The van der Waals surface area contributed by atoms with Gasteiger partial charge >= 0.3 is 0 Å². The van der Waals surface area contributed by atoms with Gasteiger partial charge in [-0.1, -0.05) is 37.3 Å². The van der Waals surface area contributed by atoms with Crippen molar-refractivity contribution in [3.63, 3.8) is 0 Å². The number of thiazole rings is 1. The second-order valence-electron chi connectivity index (χ2n) is 4.65. The van der Waals surface area contributed by atoms with Crippen molar-refractivity contribution in [2.45, 2.75) is 19.3 Å². The summed E-state index contributed by atoms with van der Waals surface area (Å²) in [5.41, 5.74) is 9.01. The predicted molar refractivity (Wildman–Crippen MR) is 82.6 cm³/mol. The van der Waals surface area contributed by atoms with Crippen molar-refractivity contribution in [2.24, 2.45) is 0 Å². The third-order valence-electron chi connectivity index (χ3n) is 3.34. The maximum absolute atomic E-state index is 5.83. The lowest BCUT2D eigenvalue weighted by atomic mass is 9.97. The number of nitrogen functional groups attached to an aromatic ring is 1. The molecule has 0 spiro atoms. The highest BCUT2D eigenvalue weighted by Gasteiger charge is 2.16. The number of benzene rings is 2. The lowest BCUT2D eigenvalue weighted by Crippen LogP contribution is -1.98. The number of rotatable bonds is 3. The van der Waals surface area contributed by atoms with Crippen LogP contribution in [0.4, 0.5) is 5.69 Å². The van der Waals surface area contributed by atoms with Crippen molar-refractivity contribution in [1.82, 2.24) is 4.98 Å². The van der Waals surface area contributed by atoms with E-state index in [0.29, 0.717) is 5.92 Å². The number of aromatic nitrogens is 1. The standard InChI is InChI=1S/C16H16N2S/c1-2-13(11-6-4-3-5-7-11)16-18-14-9-8-12(17)10-15(14)19-16/h3-10,13H,2,17H2,1H3. The van der Waals surface area contributed by atoms with E-state index in [1.54, 1.807) is 11.3 Å². The summed E-state index contributed by atoms with van der Waals surface area (Å²) in [5, 5.41) is 1.18. The van der Waals surface area contributed by atoms with Crippen molar-refractivity contribution in [3.8, 4) is 0 Å². The molecule has 1 unspecified atom stereocenters. The molecule has 0 radical (unpaired) electrons.